The molecule has 2 aromatic heterocycles. The quantitative estimate of drug-likeness (QED) is 0.295. The third-order valence-electron chi connectivity index (χ3n) is 5.07. The van der Waals surface area contributed by atoms with Crippen molar-refractivity contribution in [2.24, 2.45) is 12.0 Å². The fourth-order valence-corrected chi connectivity index (χ4v) is 3.48. The molecule has 2 heterocycles. The number of guanidine groups is 1. The third kappa shape index (κ3) is 5.41. The highest BCUT2D eigenvalue weighted by Gasteiger charge is 2.11. The fraction of sp³-hybridized carbons (Fsp3) is 0.409. The Morgan fingerprint density at radius 3 is 2.40 bits per heavy atom. The van der Waals surface area contributed by atoms with E-state index in [2.05, 4.69) is 59.8 Å². The van der Waals surface area contributed by atoms with Crippen molar-refractivity contribution in [2.45, 2.75) is 47.7 Å². The Morgan fingerprint density at radius 1 is 1.07 bits per heavy atom. The van der Waals surface area contributed by atoms with Gasteiger partial charge in [-0.25, -0.2) is 9.67 Å². The Morgan fingerprint density at radius 2 is 1.80 bits per heavy atom. The number of para-hydroxylation sites is 1. The Balaban J connectivity index is 0.00000320. The number of hydrogen-bond acceptors (Lipinski definition) is 3. The van der Waals surface area contributed by atoms with Crippen LogP contribution in [0.3, 0.4) is 0 Å². The zero-order valence-corrected chi connectivity index (χ0v) is 21.0. The predicted octanol–water partition coefficient (Wildman–Crippen LogP) is 3.71. The number of halogens is 1. The molecule has 2 N–H and O–H groups in total. The van der Waals surface area contributed by atoms with E-state index in [0.29, 0.717) is 13.1 Å². The van der Waals surface area contributed by atoms with Crippen molar-refractivity contribution in [1.82, 2.24) is 30.2 Å². The van der Waals surface area contributed by atoms with Crippen molar-refractivity contribution >= 4 is 29.9 Å². The van der Waals surface area contributed by atoms with Crippen molar-refractivity contribution < 1.29 is 0 Å². The van der Waals surface area contributed by atoms with Crippen molar-refractivity contribution in [3.8, 4) is 5.69 Å². The fourth-order valence-electron chi connectivity index (χ4n) is 3.48. The van der Waals surface area contributed by atoms with Crippen LogP contribution in [0.5, 0.6) is 0 Å². The summed E-state index contributed by atoms with van der Waals surface area (Å²) in [5.74, 6) is 0.790. The van der Waals surface area contributed by atoms with E-state index in [-0.39, 0.29) is 24.0 Å². The lowest BCUT2D eigenvalue weighted by molar-refractivity contribution is 0.728. The predicted molar refractivity (Wildman–Crippen MR) is 133 cm³/mol. The molecule has 8 heteroatoms. The second kappa shape index (κ2) is 10.6. The molecule has 0 aliphatic heterocycles. The largest absolute Gasteiger partial charge is 0.357 e. The summed E-state index contributed by atoms with van der Waals surface area (Å²) >= 11 is 0. The molecule has 1 aromatic carbocycles. The monoisotopic (exact) mass is 521 g/mol. The van der Waals surface area contributed by atoms with E-state index < -0.39 is 0 Å². The van der Waals surface area contributed by atoms with Gasteiger partial charge in [0.2, 0.25) is 0 Å². The number of aromatic nitrogens is 4. The Kier molecular flexibility index (Phi) is 8.45. The molecular formula is C22H32IN7. The van der Waals surface area contributed by atoms with Gasteiger partial charge in [-0.2, -0.15) is 10.2 Å². The average Bonchev–Trinajstić information content (AvgIpc) is 3.15. The molecule has 30 heavy (non-hydrogen) atoms. The van der Waals surface area contributed by atoms with E-state index in [9.17, 15) is 0 Å². The van der Waals surface area contributed by atoms with Crippen LogP contribution in [0, 0.1) is 27.7 Å². The summed E-state index contributed by atoms with van der Waals surface area (Å²) in [6.45, 7) is 12.3. The van der Waals surface area contributed by atoms with Gasteiger partial charge in [0.25, 0.3) is 0 Å². The molecular weight excluding hydrogens is 489 g/mol. The van der Waals surface area contributed by atoms with E-state index in [4.69, 9.17) is 4.99 Å². The topological polar surface area (TPSA) is 72.1 Å². The van der Waals surface area contributed by atoms with Gasteiger partial charge in [-0.3, -0.25) is 4.68 Å². The molecule has 3 aromatic rings. The minimum atomic E-state index is 0. The summed E-state index contributed by atoms with van der Waals surface area (Å²) in [5, 5.41) is 15.9. The van der Waals surface area contributed by atoms with Gasteiger partial charge in [-0.1, -0.05) is 18.2 Å². The molecule has 0 amide bonds. The normalized spacial score (nSPS) is 11.3. The van der Waals surface area contributed by atoms with Gasteiger partial charge < -0.3 is 10.6 Å². The van der Waals surface area contributed by atoms with Crippen LogP contribution >= 0.6 is 24.0 Å². The van der Waals surface area contributed by atoms with Crippen LogP contribution in [-0.2, 0) is 20.1 Å². The lowest BCUT2D eigenvalue weighted by Gasteiger charge is -2.13. The number of nitrogens with one attached hydrogen (secondary N) is 2. The van der Waals surface area contributed by atoms with Crippen LogP contribution in [-0.4, -0.2) is 32.1 Å². The molecule has 0 saturated heterocycles. The molecule has 0 fully saturated rings. The zero-order chi connectivity index (χ0) is 21.0. The standard InChI is InChI=1S/C22H31N7.HI/c1-7-23-22(25-14-20-17(4)27-28(6)18(20)5)24-13-19-10-8-9-11-21(19)29-16(3)12-15(2)26-29;/h8-12H,7,13-14H2,1-6H3,(H2,23,24,25);1H. The summed E-state index contributed by atoms with van der Waals surface area (Å²) in [4.78, 5) is 4.81. The number of hydrogen-bond donors (Lipinski definition) is 2. The van der Waals surface area contributed by atoms with Crippen LogP contribution in [0.4, 0.5) is 0 Å². The van der Waals surface area contributed by atoms with E-state index >= 15 is 0 Å². The Hall–Kier alpha value is -2.36. The molecule has 0 aliphatic rings. The molecule has 0 aliphatic carbocycles. The number of aliphatic imine (C=N–C) groups is 1. The Labute approximate surface area is 196 Å². The first kappa shape index (κ1) is 23.9. The smallest absolute Gasteiger partial charge is 0.191 e. The van der Waals surface area contributed by atoms with Gasteiger partial charge in [0.1, 0.15) is 0 Å². The molecule has 0 saturated carbocycles. The van der Waals surface area contributed by atoms with Crippen molar-refractivity contribution in [3.05, 3.63) is 64.2 Å². The summed E-state index contributed by atoms with van der Waals surface area (Å²) in [5.41, 5.74) is 7.75. The van der Waals surface area contributed by atoms with Crippen LogP contribution in [0.2, 0.25) is 0 Å². The number of nitrogens with zero attached hydrogens (tertiary/aromatic N) is 5. The van der Waals surface area contributed by atoms with Gasteiger partial charge in [0, 0.05) is 37.1 Å². The van der Waals surface area contributed by atoms with Crippen LogP contribution in [0.25, 0.3) is 5.69 Å². The summed E-state index contributed by atoms with van der Waals surface area (Å²) in [6.07, 6.45) is 0. The summed E-state index contributed by atoms with van der Waals surface area (Å²) in [6, 6.07) is 10.4. The highest BCUT2D eigenvalue weighted by Crippen LogP contribution is 2.18. The molecule has 0 unspecified atom stereocenters. The van der Waals surface area contributed by atoms with Gasteiger partial charge >= 0.3 is 0 Å². The van der Waals surface area contributed by atoms with Crippen molar-refractivity contribution in [2.75, 3.05) is 6.54 Å². The molecule has 0 radical (unpaired) electrons. The molecule has 0 bridgehead atoms. The van der Waals surface area contributed by atoms with Crippen molar-refractivity contribution in [1.29, 1.82) is 0 Å². The third-order valence-corrected chi connectivity index (χ3v) is 5.07. The number of aryl methyl sites for hydroxylation is 4. The molecule has 7 nitrogen and oxygen atoms in total. The van der Waals surface area contributed by atoms with Gasteiger partial charge in [0.05, 0.1) is 23.6 Å². The lowest BCUT2D eigenvalue weighted by atomic mass is 10.2. The first-order valence-corrected chi connectivity index (χ1v) is 10.0. The molecule has 0 spiro atoms. The first-order chi connectivity index (χ1) is 13.9. The number of benzene rings is 1. The average molecular weight is 521 g/mol. The highest BCUT2D eigenvalue weighted by molar-refractivity contribution is 14.0. The lowest BCUT2D eigenvalue weighted by Crippen LogP contribution is -2.37. The highest BCUT2D eigenvalue weighted by atomic mass is 127. The maximum absolute atomic E-state index is 4.81. The summed E-state index contributed by atoms with van der Waals surface area (Å²) in [7, 11) is 1.97. The van der Waals surface area contributed by atoms with Crippen LogP contribution in [0.15, 0.2) is 35.3 Å². The van der Waals surface area contributed by atoms with Gasteiger partial charge in [-0.05, 0) is 52.3 Å². The number of rotatable bonds is 6. The maximum atomic E-state index is 4.81. The van der Waals surface area contributed by atoms with Crippen molar-refractivity contribution in [3.63, 3.8) is 0 Å². The minimum absolute atomic E-state index is 0. The van der Waals surface area contributed by atoms with Gasteiger partial charge in [0.15, 0.2) is 5.96 Å². The molecule has 0 atom stereocenters. The van der Waals surface area contributed by atoms with Crippen LogP contribution < -0.4 is 10.6 Å². The van der Waals surface area contributed by atoms with E-state index in [0.717, 1.165) is 40.8 Å². The Bertz CT molecular complexity index is 1020. The molecule has 3 rings (SSSR count). The van der Waals surface area contributed by atoms with E-state index in [1.807, 2.05) is 42.4 Å². The van der Waals surface area contributed by atoms with E-state index in [1.54, 1.807) is 0 Å². The first-order valence-electron chi connectivity index (χ1n) is 10.0. The summed E-state index contributed by atoms with van der Waals surface area (Å²) < 4.78 is 3.91. The van der Waals surface area contributed by atoms with Gasteiger partial charge in [-0.15, -0.1) is 24.0 Å². The minimum Gasteiger partial charge on any atom is -0.357 e. The van der Waals surface area contributed by atoms with Crippen LogP contribution in [0.1, 0.15) is 40.8 Å². The zero-order valence-electron chi connectivity index (χ0n) is 18.7. The van der Waals surface area contributed by atoms with E-state index in [1.165, 1.54) is 11.3 Å². The second-order valence-electron chi connectivity index (χ2n) is 7.29. The second-order valence-corrected chi connectivity index (χ2v) is 7.29. The SMILES string of the molecule is CCNC(=NCc1ccccc1-n1nc(C)cc1C)NCc1c(C)nn(C)c1C.I. The maximum Gasteiger partial charge on any atom is 0.191 e. The molecule has 162 valence electrons.